The topological polar surface area (TPSA) is 68.0 Å². The molecule has 6 heteroatoms. The van der Waals surface area contributed by atoms with Crippen LogP contribution in [0.3, 0.4) is 0 Å². The van der Waals surface area contributed by atoms with Gasteiger partial charge in [0.25, 0.3) is 5.91 Å². The predicted molar refractivity (Wildman–Crippen MR) is 84.7 cm³/mol. The minimum absolute atomic E-state index is 0.142. The monoisotopic (exact) mass is 313 g/mol. The third-order valence-electron chi connectivity index (χ3n) is 3.46. The maximum Gasteiger partial charge on any atom is 0.251 e. The molecule has 0 atom stereocenters. The largest absolute Gasteiger partial charge is 0.343 e. The zero-order valence-corrected chi connectivity index (χ0v) is 13.1. The van der Waals surface area contributed by atoms with Crippen LogP contribution in [0, 0.1) is 13.8 Å². The van der Waals surface area contributed by atoms with E-state index in [0.29, 0.717) is 17.3 Å². The Labute approximate surface area is 132 Å². The zero-order valence-electron chi connectivity index (χ0n) is 12.3. The summed E-state index contributed by atoms with van der Waals surface area (Å²) in [5.74, 6) is 0.796. The van der Waals surface area contributed by atoms with Crippen LogP contribution in [-0.4, -0.2) is 16.0 Å². The molecule has 0 saturated heterocycles. The Morgan fingerprint density at radius 1 is 1.27 bits per heavy atom. The van der Waals surface area contributed by atoms with Crippen molar-refractivity contribution in [2.75, 3.05) is 0 Å². The first-order valence-corrected chi connectivity index (χ1v) is 7.74. The van der Waals surface area contributed by atoms with Gasteiger partial charge in [-0.1, -0.05) is 23.4 Å². The highest BCUT2D eigenvalue weighted by atomic mass is 32.1. The van der Waals surface area contributed by atoms with Gasteiger partial charge in [-0.2, -0.15) is 4.98 Å². The molecule has 0 bridgehead atoms. The Morgan fingerprint density at radius 3 is 2.91 bits per heavy atom. The summed E-state index contributed by atoms with van der Waals surface area (Å²) < 4.78 is 5.16. The van der Waals surface area contributed by atoms with Gasteiger partial charge in [0.2, 0.25) is 11.7 Å². The highest BCUT2D eigenvalue weighted by Gasteiger charge is 2.13. The van der Waals surface area contributed by atoms with Crippen molar-refractivity contribution in [2.45, 2.75) is 20.4 Å². The number of amides is 1. The highest BCUT2D eigenvalue weighted by molar-refractivity contribution is 7.13. The predicted octanol–water partition coefficient (Wildman–Crippen LogP) is 3.34. The van der Waals surface area contributed by atoms with E-state index in [4.69, 9.17) is 4.52 Å². The van der Waals surface area contributed by atoms with Gasteiger partial charge < -0.3 is 9.84 Å². The standard InChI is InChI=1S/C16H15N3O2S/c1-10-5-3-6-12(11(10)2)16(20)17-9-14-18-15(19-21-14)13-7-4-8-22-13/h3-8H,9H2,1-2H3,(H,17,20). The molecule has 0 aliphatic carbocycles. The minimum atomic E-state index is -0.142. The second-order valence-electron chi connectivity index (χ2n) is 4.92. The number of nitrogens with one attached hydrogen (secondary N) is 1. The quantitative estimate of drug-likeness (QED) is 0.802. The summed E-state index contributed by atoms with van der Waals surface area (Å²) in [6, 6.07) is 9.52. The minimum Gasteiger partial charge on any atom is -0.343 e. The molecular weight excluding hydrogens is 298 g/mol. The molecule has 0 aliphatic heterocycles. The van der Waals surface area contributed by atoms with Crippen LogP contribution in [0.1, 0.15) is 27.4 Å². The lowest BCUT2D eigenvalue weighted by molar-refractivity contribution is 0.0945. The van der Waals surface area contributed by atoms with Crippen molar-refractivity contribution in [1.29, 1.82) is 0 Å². The van der Waals surface area contributed by atoms with Crippen LogP contribution in [0.5, 0.6) is 0 Å². The number of aryl methyl sites for hydroxylation is 1. The van der Waals surface area contributed by atoms with Crippen molar-refractivity contribution in [3.05, 3.63) is 58.3 Å². The first-order valence-electron chi connectivity index (χ1n) is 6.86. The molecule has 22 heavy (non-hydrogen) atoms. The fourth-order valence-electron chi connectivity index (χ4n) is 2.08. The average molecular weight is 313 g/mol. The number of rotatable bonds is 4. The van der Waals surface area contributed by atoms with E-state index in [1.165, 1.54) is 0 Å². The average Bonchev–Trinajstić information content (AvgIpc) is 3.18. The summed E-state index contributed by atoms with van der Waals surface area (Å²) in [5, 5.41) is 8.68. The number of carbonyl (C=O) groups excluding carboxylic acids is 1. The summed E-state index contributed by atoms with van der Waals surface area (Å²) in [6.07, 6.45) is 0. The van der Waals surface area contributed by atoms with Gasteiger partial charge in [-0.3, -0.25) is 4.79 Å². The Balaban J connectivity index is 1.68. The van der Waals surface area contributed by atoms with Crippen LogP contribution in [0.25, 0.3) is 10.7 Å². The molecule has 2 heterocycles. The van der Waals surface area contributed by atoms with Gasteiger partial charge >= 0.3 is 0 Å². The van der Waals surface area contributed by atoms with Crippen molar-refractivity contribution in [2.24, 2.45) is 0 Å². The second kappa shape index (κ2) is 6.11. The third kappa shape index (κ3) is 2.92. The van der Waals surface area contributed by atoms with E-state index in [0.717, 1.165) is 16.0 Å². The lowest BCUT2D eigenvalue weighted by atomic mass is 10.0. The number of hydrogen-bond acceptors (Lipinski definition) is 5. The maximum atomic E-state index is 12.2. The molecule has 1 aromatic carbocycles. The van der Waals surface area contributed by atoms with Crippen molar-refractivity contribution in [3.63, 3.8) is 0 Å². The lowest BCUT2D eigenvalue weighted by Gasteiger charge is -2.07. The van der Waals surface area contributed by atoms with E-state index in [-0.39, 0.29) is 12.5 Å². The summed E-state index contributed by atoms with van der Waals surface area (Å²) in [5.41, 5.74) is 2.73. The normalized spacial score (nSPS) is 10.6. The van der Waals surface area contributed by atoms with Gasteiger partial charge in [-0.05, 0) is 42.5 Å². The van der Waals surface area contributed by atoms with E-state index in [1.807, 2.05) is 49.6 Å². The smallest absolute Gasteiger partial charge is 0.251 e. The summed E-state index contributed by atoms with van der Waals surface area (Å²) in [7, 11) is 0. The lowest BCUT2D eigenvalue weighted by Crippen LogP contribution is -2.24. The number of nitrogens with zero attached hydrogens (tertiary/aromatic N) is 2. The van der Waals surface area contributed by atoms with Gasteiger partial charge in [0, 0.05) is 5.56 Å². The molecule has 2 aromatic heterocycles. The van der Waals surface area contributed by atoms with Gasteiger partial charge in [0.05, 0.1) is 11.4 Å². The molecule has 3 rings (SSSR count). The van der Waals surface area contributed by atoms with Gasteiger partial charge in [-0.15, -0.1) is 11.3 Å². The van der Waals surface area contributed by atoms with Crippen LogP contribution < -0.4 is 5.32 Å². The van der Waals surface area contributed by atoms with Gasteiger partial charge in [0.1, 0.15) is 0 Å². The molecule has 112 valence electrons. The van der Waals surface area contributed by atoms with Gasteiger partial charge in [-0.25, -0.2) is 0 Å². The molecule has 3 aromatic rings. The van der Waals surface area contributed by atoms with Crippen LogP contribution in [0.4, 0.5) is 0 Å². The zero-order chi connectivity index (χ0) is 15.5. The first kappa shape index (κ1) is 14.5. The third-order valence-corrected chi connectivity index (χ3v) is 4.32. The number of thiophene rings is 1. The SMILES string of the molecule is Cc1cccc(C(=O)NCc2nc(-c3cccs3)no2)c1C. The maximum absolute atomic E-state index is 12.2. The van der Waals surface area contributed by atoms with E-state index in [9.17, 15) is 4.79 Å². The molecule has 1 N–H and O–H groups in total. The number of carbonyl (C=O) groups is 1. The summed E-state index contributed by atoms with van der Waals surface area (Å²) in [4.78, 5) is 17.4. The molecule has 0 unspecified atom stereocenters. The number of hydrogen-bond donors (Lipinski definition) is 1. The number of benzene rings is 1. The molecule has 0 saturated carbocycles. The Morgan fingerprint density at radius 2 is 2.14 bits per heavy atom. The van der Waals surface area contributed by atoms with Crippen LogP contribution in [-0.2, 0) is 6.54 Å². The molecule has 5 nitrogen and oxygen atoms in total. The molecule has 0 aliphatic rings. The van der Waals surface area contributed by atoms with Gasteiger partial charge in [0.15, 0.2) is 0 Å². The molecular formula is C16H15N3O2S. The highest BCUT2D eigenvalue weighted by Crippen LogP contribution is 2.21. The molecule has 1 amide bonds. The van der Waals surface area contributed by atoms with E-state index < -0.39 is 0 Å². The number of aromatic nitrogens is 2. The molecule has 0 fully saturated rings. The Kier molecular flexibility index (Phi) is 4.02. The fourth-order valence-corrected chi connectivity index (χ4v) is 2.73. The summed E-state index contributed by atoms with van der Waals surface area (Å²) in [6.45, 7) is 4.13. The Bertz CT molecular complexity index is 794. The van der Waals surface area contributed by atoms with Crippen molar-refractivity contribution >= 4 is 17.2 Å². The second-order valence-corrected chi connectivity index (χ2v) is 5.87. The summed E-state index contributed by atoms with van der Waals surface area (Å²) >= 11 is 1.54. The van der Waals surface area contributed by atoms with Crippen LogP contribution in [0.15, 0.2) is 40.2 Å². The van der Waals surface area contributed by atoms with Crippen LogP contribution in [0.2, 0.25) is 0 Å². The van der Waals surface area contributed by atoms with Crippen molar-refractivity contribution in [3.8, 4) is 10.7 Å². The van der Waals surface area contributed by atoms with Crippen LogP contribution >= 0.6 is 11.3 Å². The molecule has 0 radical (unpaired) electrons. The van der Waals surface area contributed by atoms with E-state index in [2.05, 4.69) is 15.5 Å². The molecule has 0 spiro atoms. The van der Waals surface area contributed by atoms with Crippen molar-refractivity contribution in [1.82, 2.24) is 15.5 Å². The fraction of sp³-hybridized carbons (Fsp3) is 0.188. The van der Waals surface area contributed by atoms with E-state index >= 15 is 0 Å². The first-order chi connectivity index (χ1) is 10.6. The van der Waals surface area contributed by atoms with E-state index in [1.54, 1.807) is 11.3 Å². The Hall–Kier alpha value is -2.47. The van der Waals surface area contributed by atoms with Crippen molar-refractivity contribution < 1.29 is 9.32 Å².